The number of hydrogen-bond donors (Lipinski definition) is 1. The fraction of sp³-hybridized carbons (Fsp3) is 1.00. The fourth-order valence-electron chi connectivity index (χ4n) is 2.91. The highest BCUT2D eigenvalue weighted by molar-refractivity contribution is 4.85. The summed E-state index contributed by atoms with van der Waals surface area (Å²) in [5.41, 5.74) is 0.382. The monoisotopic (exact) mass is 240 g/mol. The number of hydrogen-bond acceptors (Lipinski definition) is 2. The molecule has 0 saturated carbocycles. The van der Waals surface area contributed by atoms with Crippen LogP contribution >= 0.6 is 0 Å². The number of nitrogens with zero attached hydrogens (tertiary/aromatic N) is 1. The van der Waals surface area contributed by atoms with Gasteiger partial charge in [-0.05, 0) is 37.1 Å². The lowest BCUT2D eigenvalue weighted by atomic mass is 9.92. The van der Waals surface area contributed by atoms with Crippen LogP contribution in [0.5, 0.6) is 0 Å². The van der Waals surface area contributed by atoms with Crippen LogP contribution in [0.1, 0.15) is 48.0 Å². The molecule has 1 fully saturated rings. The Morgan fingerprint density at radius 1 is 1.29 bits per heavy atom. The van der Waals surface area contributed by atoms with Crippen molar-refractivity contribution in [2.75, 3.05) is 26.2 Å². The second-order valence-corrected chi connectivity index (χ2v) is 7.31. The van der Waals surface area contributed by atoms with Crippen LogP contribution in [0.25, 0.3) is 0 Å². The van der Waals surface area contributed by atoms with Crippen molar-refractivity contribution in [1.29, 1.82) is 0 Å². The minimum absolute atomic E-state index is 0.382. The van der Waals surface area contributed by atoms with Gasteiger partial charge in [-0.25, -0.2) is 0 Å². The van der Waals surface area contributed by atoms with Gasteiger partial charge in [0.2, 0.25) is 0 Å². The van der Waals surface area contributed by atoms with Crippen molar-refractivity contribution in [2.45, 2.75) is 54.0 Å². The maximum Gasteiger partial charge on any atom is 0.00702 e. The molecule has 0 amide bonds. The van der Waals surface area contributed by atoms with Crippen molar-refractivity contribution in [3.05, 3.63) is 0 Å². The molecule has 1 N–H and O–H groups in total. The minimum atomic E-state index is 0.382. The largest absolute Gasteiger partial charge is 0.316 e. The van der Waals surface area contributed by atoms with Gasteiger partial charge < -0.3 is 5.32 Å². The van der Waals surface area contributed by atoms with Gasteiger partial charge in [0.15, 0.2) is 0 Å². The summed E-state index contributed by atoms with van der Waals surface area (Å²) >= 11 is 0. The van der Waals surface area contributed by atoms with Crippen molar-refractivity contribution < 1.29 is 0 Å². The summed E-state index contributed by atoms with van der Waals surface area (Å²) in [6.45, 7) is 18.8. The average Bonchev–Trinajstić information content (AvgIpc) is 2.42. The zero-order valence-corrected chi connectivity index (χ0v) is 12.7. The minimum Gasteiger partial charge on any atom is -0.316 e. The zero-order chi connectivity index (χ0) is 13.1. The van der Waals surface area contributed by atoms with E-state index < -0.39 is 0 Å². The molecule has 1 heterocycles. The molecule has 0 aromatic heterocycles. The molecule has 1 aliphatic rings. The molecule has 0 aliphatic carbocycles. The first kappa shape index (κ1) is 15.0. The first-order chi connectivity index (χ1) is 7.80. The summed E-state index contributed by atoms with van der Waals surface area (Å²) in [5, 5.41) is 3.60. The maximum absolute atomic E-state index is 3.60. The Labute approximate surface area is 108 Å². The molecule has 0 aromatic carbocycles. The molecule has 1 aliphatic heterocycles. The first-order valence-electron chi connectivity index (χ1n) is 7.25. The predicted octanol–water partition coefficient (Wildman–Crippen LogP) is 2.99. The van der Waals surface area contributed by atoms with E-state index in [2.05, 4.69) is 51.8 Å². The molecule has 17 heavy (non-hydrogen) atoms. The van der Waals surface area contributed by atoms with Crippen LogP contribution in [0.3, 0.4) is 0 Å². The van der Waals surface area contributed by atoms with Crippen molar-refractivity contribution in [3.63, 3.8) is 0 Å². The van der Waals surface area contributed by atoms with E-state index in [1.807, 2.05) is 0 Å². The SMILES string of the molecule is CC(C)CNCC(C)(C)CN1CC(C)CC1C. The molecule has 0 bridgehead atoms. The second kappa shape index (κ2) is 6.19. The summed E-state index contributed by atoms with van der Waals surface area (Å²) in [4.78, 5) is 2.67. The van der Waals surface area contributed by atoms with Crippen LogP contribution in [0, 0.1) is 17.3 Å². The van der Waals surface area contributed by atoms with Gasteiger partial charge in [-0.1, -0.05) is 34.6 Å². The molecule has 2 nitrogen and oxygen atoms in total. The molecular weight excluding hydrogens is 208 g/mol. The quantitative estimate of drug-likeness (QED) is 0.768. The van der Waals surface area contributed by atoms with Gasteiger partial charge in [0.05, 0.1) is 0 Å². The van der Waals surface area contributed by atoms with Gasteiger partial charge in [-0.2, -0.15) is 0 Å². The van der Waals surface area contributed by atoms with Gasteiger partial charge in [-0.3, -0.25) is 4.90 Å². The van der Waals surface area contributed by atoms with Crippen LogP contribution in [-0.4, -0.2) is 37.1 Å². The predicted molar refractivity (Wildman–Crippen MR) is 76.3 cm³/mol. The molecule has 1 rings (SSSR count). The summed E-state index contributed by atoms with van der Waals surface area (Å²) in [6.07, 6.45) is 1.37. The Kier molecular flexibility index (Phi) is 5.46. The van der Waals surface area contributed by atoms with Crippen molar-refractivity contribution in [1.82, 2.24) is 10.2 Å². The highest BCUT2D eigenvalue weighted by Crippen LogP contribution is 2.26. The van der Waals surface area contributed by atoms with Gasteiger partial charge >= 0.3 is 0 Å². The van der Waals surface area contributed by atoms with Crippen LogP contribution in [0.4, 0.5) is 0 Å². The Morgan fingerprint density at radius 2 is 1.94 bits per heavy atom. The van der Waals surface area contributed by atoms with Gasteiger partial charge in [0.25, 0.3) is 0 Å². The van der Waals surface area contributed by atoms with E-state index in [-0.39, 0.29) is 0 Å². The van der Waals surface area contributed by atoms with E-state index in [9.17, 15) is 0 Å². The smallest absolute Gasteiger partial charge is 0.00702 e. The fourth-order valence-corrected chi connectivity index (χ4v) is 2.91. The molecule has 0 aromatic rings. The third-order valence-electron chi connectivity index (χ3n) is 3.70. The highest BCUT2D eigenvalue weighted by Gasteiger charge is 2.30. The van der Waals surface area contributed by atoms with Gasteiger partial charge in [-0.15, -0.1) is 0 Å². The van der Waals surface area contributed by atoms with E-state index in [4.69, 9.17) is 0 Å². The number of nitrogens with one attached hydrogen (secondary N) is 1. The third kappa shape index (κ3) is 5.39. The second-order valence-electron chi connectivity index (χ2n) is 7.31. The lowest BCUT2D eigenvalue weighted by Crippen LogP contribution is -2.42. The topological polar surface area (TPSA) is 15.3 Å². The Hall–Kier alpha value is -0.0800. The molecule has 1 saturated heterocycles. The Morgan fingerprint density at radius 3 is 2.41 bits per heavy atom. The van der Waals surface area contributed by atoms with E-state index in [0.717, 1.165) is 31.0 Å². The summed E-state index contributed by atoms with van der Waals surface area (Å²) in [6, 6.07) is 0.773. The number of likely N-dealkylation sites (tertiary alicyclic amines) is 1. The standard InChI is InChI=1S/C15H32N2/c1-12(2)8-16-10-15(5,6)11-17-9-13(3)7-14(17)4/h12-14,16H,7-11H2,1-6H3. The Balaban J connectivity index is 2.32. The summed E-state index contributed by atoms with van der Waals surface area (Å²) in [7, 11) is 0. The zero-order valence-electron chi connectivity index (χ0n) is 12.7. The van der Waals surface area contributed by atoms with Crippen molar-refractivity contribution in [3.8, 4) is 0 Å². The maximum atomic E-state index is 3.60. The number of rotatable bonds is 6. The highest BCUT2D eigenvalue weighted by atomic mass is 15.2. The molecule has 2 heteroatoms. The molecule has 0 radical (unpaired) electrons. The van der Waals surface area contributed by atoms with Crippen molar-refractivity contribution >= 4 is 0 Å². The summed E-state index contributed by atoms with van der Waals surface area (Å²) in [5.74, 6) is 1.63. The van der Waals surface area contributed by atoms with Gasteiger partial charge in [0.1, 0.15) is 0 Å². The Bertz CT molecular complexity index is 223. The van der Waals surface area contributed by atoms with Crippen molar-refractivity contribution in [2.24, 2.45) is 17.3 Å². The van der Waals surface area contributed by atoms with Crippen LogP contribution < -0.4 is 5.32 Å². The van der Waals surface area contributed by atoms with E-state index >= 15 is 0 Å². The van der Waals surface area contributed by atoms with Gasteiger partial charge in [0, 0.05) is 25.7 Å². The molecular formula is C15H32N2. The lowest BCUT2D eigenvalue weighted by molar-refractivity contribution is 0.166. The normalized spacial score (nSPS) is 27.0. The molecule has 102 valence electrons. The van der Waals surface area contributed by atoms with Crippen LogP contribution in [0.2, 0.25) is 0 Å². The van der Waals surface area contributed by atoms with Crippen LogP contribution in [0.15, 0.2) is 0 Å². The van der Waals surface area contributed by atoms with Crippen LogP contribution in [-0.2, 0) is 0 Å². The first-order valence-corrected chi connectivity index (χ1v) is 7.25. The average molecular weight is 240 g/mol. The summed E-state index contributed by atoms with van der Waals surface area (Å²) < 4.78 is 0. The molecule has 2 atom stereocenters. The third-order valence-corrected chi connectivity index (χ3v) is 3.70. The lowest BCUT2D eigenvalue weighted by Gasteiger charge is -2.33. The molecule has 2 unspecified atom stereocenters. The molecule has 0 spiro atoms. The van der Waals surface area contributed by atoms with E-state index in [0.29, 0.717) is 5.41 Å². The van der Waals surface area contributed by atoms with E-state index in [1.165, 1.54) is 19.5 Å². The van der Waals surface area contributed by atoms with E-state index in [1.54, 1.807) is 0 Å².